The average Bonchev–Trinajstić information content (AvgIpc) is 3.06. The summed E-state index contributed by atoms with van der Waals surface area (Å²) < 4.78 is 25.5. The van der Waals surface area contributed by atoms with Gasteiger partial charge in [0.2, 0.25) is 10.0 Å². The third-order valence-electron chi connectivity index (χ3n) is 3.28. The van der Waals surface area contributed by atoms with Gasteiger partial charge in [-0.2, -0.15) is 0 Å². The summed E-state index contributed by atoms with van der Waals surface area (Å²) in [4.78, 5) is 0. The second-order valence-electron chi connectivity index (χ2n) is 4.66. The number of rotatable bonds is 8. The van der Waals surface area contributed by atoms with Crippen molar-refractivity contribution < 1.29 is 8.42 Å². The van der Waals surface area contributed by atoms with E-state index >= 15 is 0 Å². The summed E-state index contributed by atoms with van der Waals surface area (Å²) >= 11 is 0. The molecule has 0 amide bonds. The Morgan fingerprint density at radius 1 is 1.38 bits per heavy atom. The highest BCUT2D eigenvalue weighted by atomic mass is 32.2. The highest BCUT2D eigenvalue weighted by Crippen LogP contribution is 2.35. The number of hydrogen-bond acceptors (Lipinski definition) is 3. The van der Waals surface area contributed by atoms with Crippen LogP contribution >= 0.6 is 0 Å². The van der Waals surface area contributed by atoms with Gasteiger partial charge in [-0.15, -0.1) is 0 Å². The highest BCUT2D eigenvalue weighted by Gasteiger charge is 2.34. The van der Waals surface area contributed by atoms with Crippen LogP contribution in [-0.4, -0.2) is 44.7 Å². The molecule has 16 heavy (non-hydrogen) atoms. The van der Waals surface area contributed by atoms with Crippen LogP contribution < -0.4 is 5.32 Å². The second kappa shape index (κ2) is 5.98. The molecule has 1 rings (SSSR count). The van der Waals surface area contributed by atoms with E-state index in [9.17, 15) is 8.42 Å². The van der Waals surface area contributed by atoms with E-state index in [1.54, 1.807) is 11.4 Å². The molecule has 1 unspecified atom stereocenters. The van der Waals surface area contributed by atoms with Gasteiger partial charge in [-0.3, -0.25) is 0 Å². The summed E-state index contributed by atoms with van der Waals surface area (Å²) in [5, 5.41) is 3.12. The smallest absolute Gasteiger partial charge is 0.215 e. The number of hydrogen-bond donors (Lipinski definition) is 1. The first-order valence-electron chi connectivity index (χ1n) is 6.15. The molecule has 0 saturated heterocycles. The third-order valence-corrected chi connectivity index (χ3v) is 5.21. The zero-order valence-corrected chi connectivity index (χ0v) is 11.4. The molecule has 0 bridgehead atoms. The molecule has 5 heteroatoms. The van der Waals surface area contributed by atoms with Gasteiger partial charge in [0.25, 0.3) is 0 Å². The lowest BCUT2D eigenvalue weighted by molar-refractivity contribution is 0.356. The molecule has 1 saturated carbocycles. The van der Waals surface area contributed by atoms with Crippen molar-refractivity contribution in [1.29, 1.82) is 0 Å². The van der Waals surface area contributed by atoms with E-state index in [1.807, 2.05) is 6.92 Å². The summed E-state index contributed by atoms with van der Waals surface area (Å²) in [5.41, 5.74) is 0. The van der Waals surface area contributed by atoms with Gasteiger partial charge in [-0.05, 0) is 38.6 Å². The van der Waals surface area contributed by atoms with E-state index in [2.05, 4.69) is 12.2 Å². The van der Waals surface area contributed by atoms with Gasteiger partial charge in [0, 0.05) is 19.6 Å². The van der Waals surface area contributed by atoms with Crippen LogP contribution in [0.2, 0.25) is 0 Å². The van der Waals surface area contributed by atoms with Gasteiger partial charge in [-0.25, -0.2) is 12.7 Å². The van der Waals surface area contributed by atoms with E-state index in [1.165, 1.54) is 12.8 Å². The Labute approximate surface area is 99.5 Å². The van der Waals surface area contributed by atoms with E-state index in [0.717, 1.165) is 13.0 Å². The fourth-order valence-corrected chi connectivity index (χ4v) is 3.14. The Hall–Kier alpha value is -0.130. The second-order valence-corrected chi connectivity index (χ2v) is 6.81. The van der Waals surface area contributed by atoms with Crippen LogP contribution in [-0.2, 0) is 10.0 Å². The molecule has 0 aromatic heterocycles. The molecule has 0 aromatic carbocycles. The van der Waals surface area contributed by atoms with Crippen molar-refractivity contribution in [2.45, 2.75) is 39.2 Å². The van der Waals surface area contributed by atoms with Crippen LogP contribution in [0.5, 0.6) is 0 Å². The molecule has 1 fully saturated rings. The van der Waals surface area contributed by atoms with E-state index in [4.69, 9.17) is 0 Å². The summed E-state index contributed by atoms with van der Waals surface area (Å²) in [6.45, 7) is 5.52. The highest BCUT2D eigenvalue weighted by molar-refractivity contribution is 7.89. The maximum absolute atomic E-state index is 12.0. The van der Waals surface area contributed by atoms with Crippen LogP contribution in [0.3, 0.4) is 0 Å². The van der Waals surface area contributed by atoms with Crippen LogP contribution in [0.15, 0.2) is 0 Å². The van der Waals surface area contributed by atoms with Crippen LogP contribution in [0.1, 0.15) is 33.1 Å². The molecule has 0 aromatic rings. The van der Waals surface area contributed by atoms with E-state index in [0.29, 0.717) is 12.5 Å². The molecule has 1 aliphatic carbocycles. The standard InChI is InChI=1S/C11H24N2O2S/c1-4-7-12-8-9-16(14,15)13(3)10(2)11-5-6-11/h10-12H,4-9H2,1-3H3. The Balaban J connectivity index is 2.36. The Morgan fingerprint density at radius 2 is 2.00 bits per heavy atom. The first-order valence-corrected chi connectivity index (χ1v) is 7.76. The quantitative estimate of drug-likeness (QED) is 0.653. The van der Waals surface area contributed by atoms with Crippen LogP contribution in [0.4, 0.5) is 0 Å². The van der Waals surface area contributed by atoms with Crippen molar-refractivity contribution >= 4 is 10.0 Å². The van der Waals surface area contributed by atoms with Crippen LogP contribution in [0, 0.1) is 5.92 Å². The molecule has 1 N–H and O–H groups in total. The lowest BCUT2D eigenvalue weighted by Gasteiger charge is -2.24. The Morgan fingerprint density at radius 3 is 2.50 bits per heavy atom. The first-order chi connectivity index (χ1) is 7.49. The number of sulfonamides is 1. The topological polar surface area (TPSA) is 49.4 Å². The zero-order valence-electron chi connectivity index (χ0n) is 10.6. The summed E-state index contributed by atoms with van der Waals surface area (Å²) in [5.74, 6) is 0.795. The van der Waals surface area contributed by atoms with Crippen molar-refractivity contribution in [1.82, 2.24) is 9.62 Å². The van der Waals surface area contributed by atoms with Gasteiger partial charge in [0.1, 0.15) is 0 Å². The Bertz CT molecular complexity index is 299. The van der Waals surface area contributed by atoms with Gasteiger partial charge < -0.3 is 5.32 Å². The predicted molar refractivity (Wildman–Crippen MR) is 66.9 cm³/mol. The molecule has 0 spiro atoms. The zero-order chi connectivity index (χ0) is 12.2. The molecule has 0 heterocycles. The normalized spacial score (nSPS) is 19.0. The largest absolute Gasteiger partial charge is 0.316 e. The van der Waals surface area contributed by atoms with E-state index in [-0.39, 0.29) is 11.8 Å². The van der Waals surface area contributed by atoms with Crippen LogP contribution in [0.25, 0.3) is 0 Å². The molecular formula is C11H24N2O2S. The van der Waals surface area contributed by atoms with Gasteiger partial charge in [-0.1, -0.05) is 6.92 Å². The van der Waals surface area contributed by atoms with Crippen molar-refractivity contribution in [2.24, 2.45) is 5.92 Å². The van der Waals surface area contributed by atoms with Crippen molar-refractivity contribution in [3.63, 3.8) is 0 Å². The lowest BCUT2D eigenvalue weighted by Crippen LogP contribution is -2.40. The SMILES string of the molecule is CCCNCCS(=O)(=O)N(C)C(C)C1CC1. The minimum Gasteiger partial charge on any atom is -0.316 e. The minimum atomic E-state index is -3.07. The summed E-state index contributed by atoms with van der Waals surface area (Å²) in [6.07, 6.45) is 3.39. The van der Waals surface area contributed by atoms with Gasteiger partial charge in [0.15, 0.2) is 0 Å². The lowest BCUT2D eigenvalue weighted by atomic mass is 10.2. The van der Waals surface area contributed by atoms with E-state index < -0.39 is 10.0 Å². The maximum atomic E-state index is 12.0. The van der Waals surface area contributed by atoms with Crippen molar-refractivity contribution in [2.75, 3.05) is 25.9 Å². The average molecular weight is 248 g/mol. The maximum Gasteiger partial charge on any atom is 0.215 e. The molecule has 4 nitrogen and oxygen atoms in total. The predicted octanol–water partition coefficient (Wildman–Crippen LogP) is 1.05. The Kier molecular flexibility index (Phi) is 5.21. The fraction of sp³-hybridized carbons (Fsp3) is 1.00. The number of nitrogens with one attached hydrogen (secondary N) is 1. The monoisotopic (exact) mass is 248 g/mol. The van der Waals surface area contributed by atoms with Crippen molar-refractivity contribution in [3.8, 4) is 0 Å². The molecular weight excluding hydrogens is 224 g/mol. The molecule has 96 valence electrons. The minimum absolute atomic E-state index is 0.163. The molecule has 0 radical (unpaired) electrons. The number of nitrogens with zero attached hydrogens (tertiary/aromatic N) is 1. The summed E-state index contributed by atoms with van der Waals surface area (Å²) in [7, 11) is -1.37. The molecule has 0 aliphatic heterocycles. The summed E-state index contributed by atoms with van der Waals surface area (Å²) in [6, 6.07) is 0.163. The fourth-order valence-electron chi connectivity index (χ4n) is 1.78. The molecule has 1 atom stereocenters. The van der Waals surface area contributed by atoms with Crippen molar-refractivity contribution in [3.05, 3.63) is 0 Å². The van der Waals surface area contributed by atoms with Gasteiger partial charge >= 0.3 is 0 Å². The van der Waals surface area contributed by atoms with Gasteiger partial charge in [0.05, 0.1) is 5.75 Å². The molecule has 1 aliphatic rings. The third kappa shape index (κ3) is 4.03. The first kappa shape index (κ1) is 13.9.